The van der Waals surface area contributed by atoms with Crippen LogP contribution < -0.4 is 20.7 Å². The molecule has 2 aromatic carbocycles. The van der Waals surface area contributed by atoms with E-state index in [2.05, 4.69) is 20.7 Å². The Balaban J connectivity index is 1.86. The zero-order valence-electron chi connectivity index (χ0n) is 14.2. The SMILES string of the molecule is O=C1NC[C@@H](C(=O)NC(c2ccc(OC(F)(F)F)cc2)c2cccc(Cl)c2)N1. The zero-order valence-corrected chi connectivity index (χ0v) is 15.0. The molecule has 0 saturated carbocycles. The normalized spacial score (nSPS) is 17.4. The van der Waals surface area contributed by atoms with Gasteiger partial charge >= 0.3 is 12.4 Å². The average molecular weight is 414 g/mol. The maximum absolute atomic E-state index is 12.5. The van der Waals surface area contributed by atoms with Gasteiger partial charge in [0.2, 0.25) is 5.91 Å². The minimum absolute atomic E-state index is 0.130. The first kappa shape index (κ1) is 19.8. The van der Waals surface area contributed by atoms with Crippen LogP contribution in [0.25, 0.3) is 0 Å². The molecule has 1 saturated heterocycles. The van der Waals surface area contributed by atoms with Crippen LogP contribution in [-0.4, -0.2) is 30.9 Å². The van der Waals surface area contributed by atoms with E-state index in [-0.39, 0.29) is 12.3 Å². The Morgan fingerprint density at radius 3 is 2.46 bits per heavy atom. The van der Waals surface area contributed by atoms with E-state index in [1.807, 2.05) is 0 Å². The molecule has 10 heteroatoms. The lowest BCUT2D eigenvalue weighted by Gasteiger charge is -2.22. The van der Waals surface area contributed by atoms with E-state index in [1.54, 1.807) is 24.3 Å². The lowest BCUT2D eigenvalue weighted by molar-refractivity contribution is -0.274. The van der Waals surface area contributed by atoms with Gasteiger partial charge in [-0.25, -0.2) is 4.79 Å². The molecular formula is C18H15ClF3N3O3. The van der Waals surface area contributed by atoms with Crippen LogP contribution in [0.3, 0.4) is 0 Å². The molecule has 3 amide bonds. The number of hydrogen-bond acceptors (Lipinski definition) is 3. The van der Waals surface area contributed by atoms with Crippen LogP contribution in [0.1, 0.15) is 17.2 Å². The average Bonchev–Trinajstić information content (AvgIpc) is 3.05. The minimum atomic E-state index is -4.80. The highest BCUT2D eigenvalue weighted by molar-refractivity contribution is 6.30. The number of rotatable bonds is 5. The van der Waals surface area contributed by atoms with Gasteiger partial charge in [0, 0.05) is 11.6 Å². The summed E-state index contributed by atoms with van der Waals surface area (Å²) in [4.78, 5) is 23.8. The van der Waals surface area contributed by atoms with Gasteiger partial charge in [-0.15, -0.1) is 13.2 Å². The van der Waals surface area contributed by atoms with Crippen LogP contribution in [-0.2, 0) is 4.79 Å². The topological polar surface area (TPSA) is 79.5 Å². The molecule has 3 N–H and O–H groups in total. The van der Waals surface area contributed by atoms with Crippen LogP contribution >= 0.6 is 11.6 Å². The third kappa shape index (κ3) is 5.07. The maximum Gasteiger partial charge on any atom is 0.573 e. The molecule has 3 rings (SSSR count). The quantitative estimate of drug-likeness (QED) is 0.704. The smallest absolute Gasteiger partial charge is 0.406 e. The second-order valence-corrected chi connectivity index (χ2v) is 6.46. The lowest BCUT2D eigenvalue weighted by Crippen LogP contribution is -2.44. The van der Waals surface area contributed by atoms with E-state index < -0.39 is 30.4 Å². The van der Waals surface area contributed by atoms with Crippen molar-refractivity contribution in [1.82, 2.24) is 16.0 Å². The molecule has 6 nitrogen and oxygen atoms in total. The molecular weight excluding hydrogens is 399 g/mol. The summed E-state index contributed by atoms with van der Waals surface area (Å²) in [6.45, 7) is 0.130. The van der Waals surface area contributed by atoms with Gasteiger partial charge in [-0.3, -0.25) is 4.79 Å². The summed E-state index contributed by atoms with van der Waals surface area (Å²) in [7, 11) is 0. The van der Waals surface area contributed by atoms with Crippen molar-refractivity contribution in [3.63, 3.8) is 0 Å². The van der Waals surface area contributed by atoms with Gasteiger partial charge in [0.1, 0.15) is 11.8 Å². The molecule has 148 valence electrons. The van der Waals surface area contributed by atoms with E-state index in [4.69, 9.17) is 11.6 Å². The molecule has 2 atom stereocenters. The van der Waals surface area contributed by atoms with Crippen molar-refractivity contribution in [1.29, 1.82) is 0 Å². The third-order valence-electron chi connectivity index (χ3n) is 4.00. The van der Waals surface area contributed by atoms with Crippen molar-refractivity contribution >= 4 is 23.5 Å². The van der Waals surface area contributed by atoms with Crippen molar-refractivity contribution in [2.75, 3.05) is 6.54 Å². The largest absolute Gasteiger partial charge is 0.573 e. The fourth-order valence-corrected chi connectivity index (χ4v) is 2.96. The monoisotopic (exact) mass is 413 g/mol. The third-order valence-corrected chi connectivity index (χ3v) is 4.24. The number of amides is 3. The van der Waals surface area contributed by atoms with Gasteiger partial charge in [-0.1, -0.05) is 35.9 Å². The number of urea groups is 1. The van der Waals surface area contributed by atoms with Crippen LogP contribution in [0.2, 0.25) is 5.02 Å². The predicted molar refractivity (Wildman–Crippen MR) is 94.9 cm³/mol. The Hall–Kier alpha value is -2.94. The fraction of sp³-hybridized carbons (Fsp3) is 0.222. The summed E-state index contributed by atoms with van der Waals surface area (Å²) in [6.07, 6.45) is -4.80. The van der Waals surface area contributed by atoms with Gasteiger partial charge in [0.25, 0.3) is 0 Å². The second kappa shape index (κ2) is 7.97. The van der Waals surface area contributed by atoms with Gasteiger partial charge in [-0.2, -0.15) is 0 Å². The summed E-state index contributed by atoms with van der Waals surface area (Å²) in [6, 6.07) is 9.95. The Labute approximate surface area is 163 Å². The highest BCUT2D eigenvalue weighted by Gasteiger charge is 2.32. The number of ether oxygens (including phenoxy) is 1. The van der Waals surface area contributed by atoms with E-state index in [9.17, 15) is 22.8 Å². The number of carbonyl (C=O) groups excluding carboxylic acids is 2. The van der Waals surface area contributed by atoms with E-state index in [1.165, 1.54) is 12.1 Å². The number of halogens is 4. The number of alkyl halides is 3. The summed E-state index contributed by atoms with van der Waals surface area (Å²) >= 11 is 6.03. The van der Waals surface area contributed by atoms with E-state index in [0.717, 1.165) is 12.1 Å². The van der Waals surface area contributed by atoms with Crippen molar-refractivity contribution < 1.29 is 27.5 Å². The Morgan fingerprint density at radius 2 is 1.89 bits per heavy atom. The molecule has 1 unspecified atom stereocenters. The van der Waals surface area contributed by atoms with E-state index in [0.29, 0.717) is 16.1 Å². The lowest BCUT2D eigenvalue weighted by atomic mass is 9.98. The maximum atomic E-state index is 12.5. The molecule has 1 heterocycles. The zero-order chi connectivity index (χ0) is 20.3. The van der Waals surface area contributed by atoms with Gasteiger partial charge in [-0.05, 0) is 35.4 Å². The summed E-state index contributed by atoms with van der Waals surface area (Å²) in [5.74, 6) is -0.821. The van der Waals surface area contributed by atoms with Crippen molar-refractivity contribution in [2.24, 2.45) is 0 Å². The summed E-state index contributed by atoms with van der Waals surface area (Å²) in [5.41, 5.74) is 1.14. The second-order valence-electron chi connectivity index (χ2n) is 6.02. The molecule has 0 bridgehead atoms. The summed E-state index contributed by atoms with van der Waals surface area (Å²) < 4.78 is 40.9. The Bertz CT molecular complexity index is 874. The van der Waals surface area contributed by atoms with Crippen LogP contribution in [0.5, 0.6) is 5.75 Å². The molecule has 1 aliphatic heterocycles. The first-order chi connectivity index (χ1) is 13.2. The van der Waals surface area contributed by atoms with Crippen LogP contribution in [0, 0.1) is 0 Å². The standard InChI is InChI=1S/C18H15ClF3N3O3/c19-12-3-1-2-11(8-12)15(25-16(26)14-9-23-17(27)24-14)10-4-6-13(7-5-10)28-18(20,21)22/h1-8,14-15H,9H2,(H,25,26)(H2,23,24,27)/t14-,15?/m0/s1. The number of nitrogens with one attached hydrogen (secondary N) is 3. The van der Waals surface area contributed by atoms with Crippen LogP contribution in [0.15, 0.2) is 48.5 Å². The molecule has 2 aromatic rings. The van der Waals surface area contributed by atoms with Crippen molar-refractivity contribution in [3.05, 3.63) is 64.7 Å². The molecule has 1 aliphatic rings. The van der Waals surface area contributed by atoms with Gasteiger partial charge < -0.3 is 20.7 Å². The van der Waals surface area contributed by atoms with Gasteiger partial charge in [0.15, 0.2) is 0 Å². The molecule has 1 fully saturated rings. The highest BCUT2D eigenvalue weighted by Crippen LogP contribution is 2.28. The highest BCUT2D eigenvalue weighted by atomic mass is 35.5. The summed E-state index contributed by atoms with van der Waals surface area (Å²) in [5, 5.41) is 8.19. The molecule has 0 aromatic heterocycles. The molecule has 0 aliphatic carbocycles. The number of hydrogen-bond donors (Lipinski definition) is 3. The first-order valence-electron chi connectivity index (χ1n) is 8.17. The minimum Gasteiger partial charge on any atom is -0.406 e. The number of carbonyl (C=O) groups is 2. The van der Waals surface area contributed by atoms with Crippen LogP contribution in [0.4, 0.5) is 18.0 Å². The number of benzene rings is 2. The van der Waals surface area contributed by atoms with E-state index >= 15 is 0 Å². The molecule has 0 radical (unpaired) electrons. The van der Waals surface area contributed by atoms with Crippen molar-refractivity contribution in [2.45, 2.75) is 18.4 Å². The molecule has 28 heavy (non-hydrogen) atoms. The predicted octanol–water partition coefficient (Wildman–Crippen LogP) is 3.13. The Morgan fingerprint density at radius 1 is 1.18 bits per heavy atom. The van der Waals surface area contributed by atoms with Crippen molar-refractivity contribution in [3.8, 4) is 5.75 Å². The molecule has 0 spiro atoms. The fourth-order valence-electron chi connectivity index (χ4n) is 2.76. The first-order valence-corrected chi connectivity index (χ1v) is 8.55. The van der Waals surface area contributed by atoms with Gasteiger partial charge in [0.05, 0.1) is 6.04 Å². The Kier molecular flexibility index (Phi) is 5.64.